The van der Waals surface area contributed by atoms with Crippen molar-refractivity contribution in [2.24, 2.45) is 5.92 Å². The van der Waals surface area contributed by atoms with Gasteiger partial charge in [0.2, 0.25) is 15.9 Å². The summed E-state index contributed by atoms with van der Waals surface area (Å²) in [5, 5.41) is 0. The van der Waals surface area contributed by atoms with Crippen LogP contribution in [0.25, 0.3) is 11.1 Å². The smallest absolute Gasteiger partial charge is 0.408 e. The van der Waals surface area contributed by atoms with Gasteiger partial charge < -0.3 is 18.8 Å². The number of ether oxygens (including phenoxy) is 2. The van der Waals surface area contributed by atoms with Crippen LogP contribution in [0, 0.1) is 5.92 Å². The molecule has 2 aromatic rings. The maximum Gasteiger partial charge on any atom is 0.419 e. The lowest BCUT2D eigenvalue weighted by molar-refractivity contribution is -0.187. The Morgan fingerprint density at radius 1 is 1.09 bits per heavy atom. The highest BCUT2D eigenvalue weighted by Gasteiger charge is 2.41. The summed E-state index contributed by atoms with van der Waals surface area (Å²) in [5.74, 6) is -0.714. The van der Waals surface area contributed by atoms with Crippen molar-refractivity contribution in [2.45, 2.75) is 56.3 Å². The van der Waals surface area contributed by atoms with Crippen molar-refractivity contribution < 1.29 is 27.1 Å². The number of hydrogen-bond acceptors (Lipinski definition) is 7. The molecule has 1 amide bonds. The van der Waals surface area contributed by atoms with Crippen molar-refractivity contribution in [3.8, 4) is 0 Å². The second-order valence-corrected chi connectivity index (χ2v) is 11.2. The van der Waals surface area contributed by atoms with Crippen LogP contribution in [0.2, 0.25) is 0 Å². The molecule has 186 valence electrons. The molecule has 0 unspecified atom stereocenters. The van der Waals surface area contributed by atoms with Crippen LogP contribution in [0.15, 0.2) is 32.3 Å². The first kappa shape index (κ1) is 23.5. The Labute approximate surface area is 198 Å². The number of aryl methyl sites for hydroxylation is 1. The highest BCUT2D eigenvalue weighted by Crippen LogP contribution is 2.32. The van der Waals surface area contributed by atoms with E-state index in [4.69, 9.17) is 13.9 Å². The molecule has 0 radical (unpaired) electrons. The van der Waals surface area contributed by atoms with Crippen LogP contribution in [0.1, 0.15) is 39.0 Å². The lowest BCUT2D eigenvalue weighted by Gasteiger charge is -2.38. The Kier molecular flexibility index (Phi) is 6.30. The molecular weight excluding hydrogens is 462 g/mol. The Morgan fingerprint density at radius 2 is 1.76 bits per heavy atom. The SMILES string of the molecule is CCn1c(=O)oc2cc(S(=O)(=O)N3CCC(CC(=O)N4CCC5(CC4)OCCO5)CC3)ccc21. The molecule has 0 bridgehead atoms. The van der Waals surface area contributed by atoms with E-state index >= 15 is 0 Å². The number of benzene rings is 1. The highest BCUT2D eigenvalue weighted by atomic mass is 32.2. The molecule has 3 fully saturated rings. The number of oxazole rings is 1. The molecule has 1 spiro atoms. The van der Waals surface area contributed by atoms with E-state index in [1.807, 2.05) is 11.8 Å². The lowest BCUT2D eigenvalue weighted by atomic mass is 9.93. The van der Waals surface area contributed by atoms with Gasteiger partial charge in [-0.15, -0.1) is 0 Å². The van der Waals surface area contributed by atoms with Crippen LogP contribution >= 0.6 is 0 Å². The molecular formula is C23H31N3O7S. The Balaban J connectivity index is 1.17. The van der Waals surface area contributed by atoms with Crippen molar-refractivity contribution in [1.82, 2.24) is 13.8 Å². The van der Waals surface area contributed by atoms with Gasteiger partial charge in [0.25, 0.3) is 0 Å². The van der Waals surface area contributed by atoms with Gasteiger partial charge in [-0.2, -0.15) is 4.31 Å². The Hall–Kier alpha value is -2.21. The minimum Gasteiger partial charge on any atom is -0.408 e. The summed E-state index contributed by atoms with van der Waals surface area (Å²) in [6, 6.07) is 4.57. The summed E-state index contributed by atoms with van der Waals surface area (Å²) in [4.78, 5) is 26.7. The van der Waals surface area contributed by atoms with E-state index in [2.05, 4.69) is 0 Å². The quantitative estimate of drug-likeness (QED) is 0.624. The van der Waals surface area contributed by atoms with E-state index in [1.54, 1.807) is 6.07 Å². The molecule has 0 aliphatic carbocycles. The topological polar surface area (TPSA) is 111 Å². The first-order valence-corrected chi connectivity index (χ1v) is 13.4. The minimum absolute atomic E-state index is 0.116. The summed E-state index contributed by atoms with van der Waals surface area (Å²) >= 11 is 0. The molecule has 4 heterocycles. The lowest BCUT2D eigenvalue weighted by Crippen LogP contribution is -2.48. The molecule has 5 rings (SSSR count). The minimum atomic E-state index is -3.71. The van der Waals surface area contributed by atoms with Crippen LogP contribution in [-0.4, -0.2) is 73.3 Å². The van der Waals surface area contributed by atoms with Gasteiger partial charge in [-0.25, -0.2) is 13.2 Å². The second-order valence-electron chi connectivity index (χ2n) is 9.28. The van der Waals surface area contributed by atoms with E-state index in [1.165, 1.54) is 21.0 Å². The number of hydrogen-bond donors (Lipinski definition) is 0. The number of carbonyl (C=O) groups excluding carboxylic acids is 1. The summed E-state index contributed by atoms with van der Waals surface area (Å²) in [5.41, 5.74) is 0.850. The fourth-order valence-corrected chi connectivity index (χ4v) is 6.75. The summed E-state index contributed by atoms with van der Waals surface area (Å²) in [7, 11) is -3.71. The van der Waals surface area contributed by atoms with Crippen molar-refractivity contribution in [1.29, 1.82) is 0 Å². The van der Waals surface area contributed by atoms with Crippen molar-refractivity contribution in [3.05, 3.63) is 28.7 Å². The Bertz CT molecular complexity index is 1210. The monoisotopic (exact) mass is 493 g/mol. The number of carbonyl (C=O) groups is 1. The fourth-order valence-electron chi connectivity index (χ4n) is 5.27. The van der Waals surface area contributed by atoms with Gasteiger partial charge in [-0.1, -0.05) is 0 Å². The summed E-state index contributed by atoms with van der Waals surface area (Å²) in [6.45, 7) is 5.49. The molecule has 0 atom stereocenters. The van der Waals surface area contributed by atoms with Gasteiger partial charge in [0, 0.05) is 58.1 Å². The third kappa shape index (κ3) is 4.30. The molecule has 34 heavy (non-hydrogen) atoms. The zero-order valence-electron chi connectivity index (χ0n) is 19.4. The third-order valence-electron chi connectivity index (χ3n) is 7.32. The normalized spacial score (nSPS) is 22.1. The van der Waals surface area contributed by atoms with Gasteiger partial charge in [-0.05, 0) is 37.8 Å². The maximum atomic E-state index is 13.2. The highest BCUT2D eigenvalue weighted by molar-refractivity contribution is 7.89. The zero-order chi connectivity index (χ0) is 23.9. The van der Waals surface area contributed by atoms with Gasteiger partial charge >= 0.3 is 5.76 Å². The fraction of sp³-hybridized carbons (Fsp3) is 0.652. The average molecular weight is 494 g/mol. The van der Waals surface area contributed by atoms with Crippen LogP contribution in [0.3, 0.4) is 0 Å². The molecule has 0 saturated carbocycles. The third-order valence-corrected chi connectivity index (χ3v) is 9.22. The standard InChI is InChI=1S/C23H31N3O7S/c1-2-26-19-4-3-18(16-20(19)33-22(26)28)34(29,30)25-9-5-17(6-10-25)15-21(27)24-11-7-23(8-12-24)31-13-14-32-23/h3-4,16-17H,2,5-15H2,1H3. The molecule has 1 aromatic carbocycles. The van der Waals surface area contributed by atoms with Crippen LogP contribution in [0.4, 0.5) is 0 Å². The molecule has 0 N–H and O–H groups in total. The molecule has 3 saturated heterocycles. The van der Waals surface area contributed by atoms with Crippen LogP contribution < -0.4 is 5.76 Å². The number of nitrogens with zero attached hydrogens (tertiary/aromatic N) is 3. The number of amides is 1. The second kappa shape index (κ2) is 9.10. The first-order chi connectivity index (χ1) is 16.3. The van der Waals surface area contributed by atoms with Crippen LogP contribution in [-0.2, 0) is 30.8 Å². The van der Waals surface area contributed by atoms with E-state index < -0.39 is 21.6 Å². The molecule has 1 aromatic heterocycles. The predicted molar refractivity (Wildman–Crippen MR) is 123 cm³/mol. The van der Waals surface area contributed by atoms with E-state index in [0.29, 0.717) is 83.6 Å². The number of piperidine rings is 2. The largest absolute Gasteiger partial charge is 0.419 e. The number of rotatable bonds is 5. The van der Waals surface area contributed by atoms with Gasteiger partial charge in [0.1, 0.15) is 0 Å². The van der Waals surface area contributed by atoms with Crippen molar-refractivity contribution >= 4 is 27.0 Å². The zero-order valence-corrected chi connectivity index (χ0v) is 20.2. The molecule has 10 nitrogen and oxygen atoms in total. The van der Waals surface area contributed by atoms with Gasteiger partial charge in [-0.3, -0.25) is 9.36 Å². The summed E-state index contributed by atoms with van der Waals surface area (Å²) in [6.07, 6.45) is 3.10. The van der Waals surface area contributed by atoms with E-state index in [0.717, 1.165) is 0 Å². The van der Waals surface area contributed by atoms with E-state index in [9.17, 15) is 18.0 Å². The van der Waals surface area contributed by atoms with E-state index in [-0.39, 0.29) is 22.3 Å². The number of fused-ring (bicyclic) bond motifs is 1. The first-order valence-electron chi connectivity index (χ1n) is 12.0. The van der Waals surface area contributed by atoms with Crippen LogP contribution in [0.5, 0.6) is 0 Å². The summed E-state index contributed by atoms with van der Waals surface area (Å²) < 4.78 is 46.0. The van der Waals surface area contributed by atoms with Gasteiger partial charge in [0.05, 0.1) is 23.6 Å². The van der Waals surface area contributed by atoms with Gasteiger partial charge in [0.15, 0.2) is 11.4 Å². The maximum absolute atomic E-state index is 13.2. The number of sulfonamides is 1. The average Bonchev–Trinajstić information content (AvgIpc) is 3.42. The van der Waals surface area contributed by atoms with Crippen molar-refractivity contribution in [2.75, 3.05) is 39.4 Å². The Morgan fingerprint density at radius 3 is 2.41 bits per heavy atom. The molecule has 11 heteroatoms. The predicted octanol–water partition coefficient (Wildman–Crippen LogP) is 1.77. The van der Waals surface area contributed by atoms with Crippen molar-refractivity contribution in [3.63, 3.8) is 0 Å². The number of aromatic nitrogens is 1. The molecule has 3 aliphatic rings. The number of likely N-dealkylation sites (tertiary alicyclic amines) is 1. The molecule has 3 aliphatic heterocycles.